The molecule has 0 radical (unpaired) electrons. The van der Waals surface area contributed by atoms with E-state index in [0.717, 1.165) is 0 Å². The Morgan fingerprint density at radius 2 is 2.00 bits per heavy atom. The first-order valence-corrected chi connectivity index (χ1v) is 14.0. The summed E-state index contributed by atoms with van der Waals surface area (Å²) in [4.78, 5) is 60.8. The summed E-state index contributed by atoms with van der Waals surface area (Å²) in [6.07, 6.45) is -1.27. The van der Waals surface area contributed by atoms with Crippen molar-refractivity contribution < 1.29 is 55.9 Å². The van der Waals surface area contributed by atoms with E-state index in [1.54, 1.807) is 0 Å². The molecule has 21 nitrogen and oxygen atoms in total. The predicted octanol–water partition coefficient (Wildman–Crippen LogP) is -0.144. The normalized spacial score (nSPS) is 23.7. The molecular formula is C12H19N8O13P3. The Hall–Kier alpha value is -2.21. The van der Waals surface area contributed by atoms with Gasteiger partial charge in [-0.2, -0.15) is 13.6 Å². The van der Waals surface area contributed by atoms with Crippen molar-refractivity contribution in [1.29, 1.82) is 0 Å². The second-order valence-electron chi connectivity index (χ2n) is 7.00. The third-order valence-corrected chi connectivity index (χ3v) is 8.20. The summed E-state index contributed by atoms with van der Waals surface area (Å²) in [6, 6.07) is 0. The number of nitrogens with zero attached hydrogens (tertiary/aromatic N) is 6. The Morgan fingerprint density at radius 1 is 1.28 bits per heavy atom. The van der Waals surface area contributed by atoms with Gasteiger partial charge in [0, 0.05) is 11.3 Å². The molecule has 2 aromatic heterocycles. The van der Waals surface area contributed by atoms with Crippen LogP contribution in [-0.2, 0) is 42.9 Å². The van der Waals surface area contributed by atoms with Crippen LogP contribution in [-0.4, -0.2) is 70.7 Å². The molecule has 0 saturated carbocycles. The second kappa shape index (κ2) is 11.0. The maximum absolute atomic E-state index is 12.0. The minimum absolute atomic E-state index is 0.0163. The number of hydrogen-bond donors (Lipinski definition) is 6. The van der Waals surface area contributed by atoms with E-state index in [1.807, 2.05) is 0 Å². The van der Waals surface area contributed by atoms with E-state index in [1.165, 1.54) is 10.9 Å². The summed E-state index contributed by atoms with van der Waals surface area (Å²) in [5.41, 5.74) is 13.6. The highest BCUT2D eigenvalue weighted by molar-refractivity contribution is 7.66. The Bertz CT molecular complexity index is 1350. The molecule has 1 saturated heterocycles. The van der Waals surface area contributed by atoms with Crippen LogP contribution in [0.1, 0.15) is 6.42 Å². The number of imidazole rings is 1. The highest BCUT2D eigenvalue weighted by atomic mass is 31.3. The zero-order valence-electron chi connectivity index (χ0n) is 17.7. The molecule has 0 aliphatic carbocycles. The van der Waals surface area contributed by atoms with Gasteiger partial charge in [-0.05, 0) is 5.53 Å². The number of fused-ring (bicyclic) bond motifs is 1. The zero-order chi connectivity index (χ0) is 26.7. The van der Waals surface area contributed by atoms with Crippen LogP contribution >= 0.6 is 23.5 Å². The van der Waals surface area contributed by atoms with Crippen LogP contribution in [0, 0.1) is 0 Å². The van der Waals surface area contributed by atoms with Gasteiger partial charge in [-0.1, -0.05) is 5.11 Å². The van der Waals surface area contributed by atoms with Gasteiger partial charge in [0.15, 0.2) is 11.2 Å². The van der Waals surface area contributed by atoms with Gasteiger partial charge in [-0.15, -0.1) is 0 Å². The molecule has 1 aliphatic heterocycles. The second-order valence-corrected chi connectivity index (χ2v) is 11.4. The summed E-state index contributed by atoms with van der Waals surface area (Å²) in [5.74, 6) is -0.147. The predicted molar refractivity (Wildman–Crippen MR) is 115 cm³/mol. The largest absolute Gasteiger partial charge is 0.490 e. The van der Waals surface area contributed by atoms with Gasteiger partial charge in [0.25, 0.3) is 5.56 Å². The summed E-state index contributed by atoms with van der Waals surface area (Å²) < 4.78 is 58.7. The molecule has 24 heteroatoms. The SMILES string of the molecule is [N-]=[N+]=NCOC1C[C@H](Cn2cnc3c(=O)[nH]c(N)nc32)O[C@@H]1COP(=O)(O)OP(=O)(O)OP(=O)(O)O. The van der Waals surface area contributed by atoms with Gasteiger partial charge in [0.1, 0.15) is 12.8 Å². The Kier molecular flexibility index (Phi) is 8.70. The van der Waals surface area contributed by atoms with Crippen molar-refractivity contribution in [3.05, 3.63) is 27.1 Å². The molecule has 36 heavy (non-hydrogen) atoms. The molecule has 1 aliphatic rings. The van der Waals surface area contributed by atoms with Crippen molar-refractivity contribution in [2.24, 2.45) is 5.11 Å². The van der Waals surface area contributed by atoms with E-state index in [2.05, 4.69) is 38.1 Å². The lowest BCUT2D eigenvalue weighted by molar-refractivity contribution is -0.0467. The smallest absolute Gasteiger partial charge is 0.369 e. The number of hydrogen-bond acceptors (Lipinski definition) is 13. The maximum atomic E-state index is 12.0. The fourth-order valence-electron chi connectivity index (χ4n) is 3.19. The number of phosphoric acid groups is 3. The molecule has 0 spiro atoms. The molecular weight excluding hydrogens is 557 g/mol. The molecule has 5 atom stereocenters. The molecule has 3 unspecified atom stereocenters. The van der Waals surface area contributed by atoms with E-state index in [-0.39, 0.29) is 30.1 Å². The number of aromatic amines is 1. The van der Waals surface area contributed by atoms with Crippen LogP contribution in [0.4, 0.5) is 5.95 Å². The molecule has 0 aromatic carbocycles. The summed E-state index contributed by atoms with van der Waals surface area (Å²) in [6.45, 7) is -1.17. The lowest BCUT2D eigenvalue weighted by atomic mass is 10.1. The van der Waals surface area contributed by atoms with E-state index in [4.69, 9.17) is 30.5 Å². The van der Waals surface area contributed by atoms with Crippen LogP contribution in [0.25, 0.3) is 21.6 Å². The number of nitrogens with two attached hydrogens (primary N) is 1. The molecule has 7 N–H and O–H groups in total. The average Bonchev–Trinajstić information content (AvgIpc) is 3.28. The van der Waals surface area contributed by atoms with Crippen molar-refractivity contribution in [3.63, 3.8) is 0 Å². The molecule has 3 heterocycles. The van der Waals surface area contributed by atoms with E-state index >= 15 is 0 Å². The zero-order valence-corrected chi connectivity index (χ0v) is 20.4. The molecule has 1 fully saturated rings. The lowest BCUT2D eigenvalue weighted by Crippen LogP contribution is -2.29. The van der Waals surface area contributed by atoms with Crippen LogP contribution in [0.2, 0.25) is 0 Å². The standard InChI is InChI=1S/C12H19N8O13P3/c13-12-17-10-9(11(21)18-12)15-4-20(10)2-6-1-7(29-5-16-19-14)8(31-6)3-30-35(25,26)33-36(27,28)32-34(22,23)24/h4,6-8H,1-3,5H2,(H,25,26)(H,27,28)(H2,22,23,24)(H3,13,17,18,21)/t6-,7?,8-/m1/s1. The first-order chi connectivity index (χ1) is 16.7. The van der Waals surface area contributed by atoms with Crippen molar-refractivity contribution in [2.45, 2.75) is 31.3 Å². The number of ether oxygens (including phenoxy) is 2. The molecule has 200 valence electrons. The summed E-state index contributed by atoms with van der Waals surface area (Å²) in [7, 11) is -16.7. The number of phosphoric ester groups is 1. The van der Waals surface area contributed by atoms with Crippen molar-refractivity contribution in [2.75, 3.05) is 19.1 Å². The van der Waals surface area contributed by atoms with Crippen molar-refractivity contribution in [3.8, 4) is 0 Å². The quantitative estimate of drug-likeness (QED) is 0.0828. The first kappa shape index (κ1) is 28.4. The number of H-pyrrole nitrogens is 1. The van der Waals surface area contributed by atoms with Gasteiger partial charge in [0.2, 0.25) is 5.95 Å². The Balaban J connectivity index is 1.70. The fraction of sp³-hybridized carbons (Fsp3) is 0.583. The molecule has 2 aromatic rings. The fourth-order valence-corrected chi connectivity index (χ4v) is 6.22. The average molecular weight is 576 g/mol. The van der Waals surface area contributed by atoms with Gasteiger partial charge in [0.05, 0.1) is 31.7 Å². The number of anilines is 1. The molecule has 0 bridgehead atoms. The van der Waals surface area contributed by atoms with E-state index in [0.29, 0.717) is 0 Å². The highest BCUT2D eigenvalue weighted by Crippen LogP contribution is 2.66. The van der Waals surface area contributed by atoms with E-state index in [9.17, 15) is 28.3 Å². The Labute approximate surface area is 199 Å². The van der Waals surface area contributed by atoms with Crippen LogP contribution < -0.4 is 11.3 Å². The van der Waals surface area contributed by atoms with Crippen LogP contribution in [0.5, 0.6) is 0 Å². The monoisotopic (exact) mass is 576 g/mol. The number of aromatic nitrogens is 4. The third-order valence-electron chi connectivity index (χ3n) is 4.40. The van der Waals surface area contributed by atoms with Gasteiger partial charge < -0.3 is 39.3 Å². The summed E-state index contributed by atoms with van der Waals surface area (Å²) >= 11 is 0. The van der Waals surface area contributed by atoms with E-state index < -0.39 is 60.7 Å². The molecule has 3 rings (SSSR count). The highest BCUT2D eigenvalue weighted by Gasteiger charge is 2.43. The van der Waals surface area contributed by atoms with Crippen molar-refractivity contribution in [1.82, 2.24) is 19.5 Å². The number of rotatable bonds is 12. The molecule has 0 amide bonds. The maximum Gasteiger partial charge on any atom is 0.490 e. The van der Waals surface area contributed by atoms with Crippen LogP contribution in [0.3, 0.4) is 0 Å². The minimum Gasteiger partial charge on any atom is -0.369 e. The van der Waals surface area contributed by atoms with Gasteiger partial charge in [-0.25, -0.2) is 18.7 Å². The third kappa shape index (κ3) is 7.89. The van der Waals surface area contributed by atoms with Gasteiger partial charge in [-0.3, -0.25) is 14.3 Å². The van der Waals surface area contributed by atoms with Crippen LogP contribution in [0.15, 0.2) is 16.2 Å². The lowest BCUT2D eigenvalue weighted by Gasteiger charge is -2.21. The Morgan fingerprint density at radius 3 is 2.67 bits per heavy atom. The van der Waals surface area contributed by atoms with Gasteiger partial charge >= 0.3 is 23.5 Å². The van der Waals surface area contributed by atoms with Crippen molar-refractivity contribution >= 4 is 40.6 Å². The number of azide groups is 1. The number of nitrogen functional groups attached to an aromatic ring is 1. The minimum atomic E-state index is -5.70. The first-order valence-electron chi connectivity index (χ1n) is 9.45. The number of nitrogens with one attached hydrogen (secondary N) is 1. The topological polar surface area (TPSA) is 317 Å². The summed E-state index contributed by atoms with van der Waals surface area (Å²) in [5, 5.41) is 3.22.